The first kappa shape index (κ1) is 25.8. The Morgan fingerprint density at radius 3 is 2.33 bits per heavy atom. The lowest BCUT2D eigenvalue weighted by atomic mass is 10.1. The molecule has 1 unspecified atom stereocenters. The van der Waals surface area contributed by atoms with Gasteiger partial charge in [-0.05, 0) is 81.4 Å². The maximum Gasteiger partial charge on any atom is 0.237 e. The van der Waals surface area contributed by atoms with Gasteiger partial charge in [0, 0.05) is 17.9 Å². The number of nitriles is 1. The van der Waals surface area contributed by atoms with Gasteiger partial charge in [0.05, 0.1) is 24.3 Å². The van der Waals surface area contributed by atoms with E-state index in [4.69, 9.17) is 5.26 Å². The number of carbonyl (C=O) groups excluding carboxylic acids is 1. The van der Waals surface area contributed by atoms with Crippen LogP contribution >= 0.6 is 11.8 Å². The molecule has 1 aromatic heterocycles. The average molecular weight is 511 g/mol. The highest BCUT2D eigenvalue weighted by Gasteiger charge is 2.26. The van der Waals surface area contributed by atoms with Gasteiger partial charge in [-0.3, -0.25) is 14.3 Å². The summed E-state index contributed by atoms with van der Waals surface area (Å²) in [6.45, 7) is 4.24. The Balaban J connectivity index is 1.59. The average Bonchev–Trinajstić information content (AvgIpc) is 3.33. The molecule has 188 valence electrons. The van der Waals surface area contributed by atoms with Crippen molar-refractivity contribution in [1.29, 1.82) is 5.26 Å². The SMILES string of the molecule is CC(c1nnc(SCC(=O)N(CCC#N)c2ccc(F)cc2)n1-c1ccc(F)cc1)N1CCCCC1. The van der Waals surface area contributed by atoms with Crippen molar-refractivity contribution in [2.24, 2.45) is 0 Å². The van der Waals surface area contributed by atoms with Crippen molar-refractivity contribution in [2.75, 3.05) is 30.3 Å². The van der Waals surface area contributed by atoms with Crippen molar-refractivity contribution >= 4 is 23.4 Å². The van der Waals surface area contributed by atoms with Gasteiger partial charge in [0.25, 0.3) is 0 Å². The van der Waals surface area contributed by atoms with Crippen molar-refractivity contribution in [3.05, 3.63) is 66.0 Å². The molecule has 1 fully saturated rings. The van der Waals surface area contributed by atoms with Crippen molar-refractivity contribution < 1.29 is 13.6 Å². The van der Waals surface area contributed by atoms with Crippen LogP contribution in [0.15, 0.2) is 53.7 Å². The molecule has 36 heavy (non-hydrogen) atoms. The molecule has 0 saturated carbocycles. The number of amides is 1. The van der Waals surface area contributed by atoms with E-state index >= 15 is 0 Å². The Hall–Kier alpha value is -3.29. The minimum atomic E-state index is -0.399. The second kappa shape index (κ2) is 12.1. The van der Waals surface area contributed by atoms with Gasteiger partial charge in [-0.15, -0.1) is 10.2 Å². The number of hydrogen-bond donors (Lipinski definition) is 0. The highest BCUT2D eigenvalue weighted by atomic mass is 32.2. The first-order valence-electron chi connectivity index (χ1n) is 12.0. The van der Waals surface area contributed by atoms with Gasteiger partial charge in [0.1, 0.15) is 11.6 Å². The van der Waals surface area contributed by atoms with Crippen LogP contribution in [0.2, 0.25) is 0 Å². The summed E-state index contributed by atoms with van der Waals surface area (Å²) < 4.78 is 28.9. The molecule has 0 aliphatic carbocycles. The van der Waals surface area contributed by atoms with Crippen LogP contribution < -0.4 is 4.90 Å². The van der Waals surface area contributed by atoms with E-state index in [1.807, 2.05) is 4.57 Å². The van der Waals surface area contributed by atoms with Crippen LogP contribution in [0.3, 0.4) is 0 Å². The van der Waals surface area contributed by atoms with Gasteiger partial charge >= 0.3 is 0 Å². The Kier molecular flexibility index (Phi) is 8.67. The predicted molar refractivity (Wildman–Crippen MR) is 135 cm³/mol. The molecule has 2 heterocycles. The van der Waals surface area contributed by atoms with Crippen LogP contribution in [0, 0.1) is 23.0 Å². The van der Waals surface area contributed by atoms with Crippen molar-refractivity contribution in [3.8, 4) is 11.8 Å². The van der Waals surface area contributed by atoms with Gasteiger partial charge in [0.2, 0.25) is 5.91 Å². The van der Waals surface area contributed by atoms with Crippen molar-refractivity contribution in [1.82, 2.24) is 19.7 Å². The first-order valence-corrected chi connectivity index (χ1v) is 13.0. The number of halogens is 2. The summed E-state index contributed by atoms with van der Waals surface area (Å²) in [7, 11) is 0. The lowest BCUT2D eigenvalue weighted by molar-refractivity contribution is -0.116. The molecule has 2 aromatic carbocycles. The number of carbonyl (C=O) groups is 1. The topological polar surface area (TPSA) is 78.0 Å². The molecule has 0 bridgehead atoms. The number of aromatic nitrogens is 3. The number of nitrogens with zero attached hydrogens (tertiary/aromatic N) is 6. The molecule has 0 spiro atoms. The second-order valence-corrected chi connectivity index (χ2v) is 9.59. The number of thioether (sulfide) groups is 1. The summed E-state index contributed by atoms with van der Waals surface area (Å²) in [5, 5.41) is 18.4. The fraction of sp³-hybridized carbons (Fsp3) is 0.385. The van der Waals surface area contributed by atoms with Gasteiger partial charge in [0.15, 0.2) is 11.0 Å². The van der Waals surface area contributed by atoms with E-state index in [2.05, 4.69) is 28.1 Å². The summed E-state index contributed by atoms with van der Waals surface area (Å²) in [6.07, 6.45) is 3.63. The van der Waals surface area contributed by atoms with Crippen molar-refractivity contribution in [3.63, 3.8) is 0 Å². The van der Waals surface area contributed by atoms with Gasteiger partial charge in [-0.1, -0.05) is 18.2 Å². The number of hydrogen-bond acceptors (Lipinski definition) is 6. The summed E-state index contributed by atoms with van der Waals surface area (Å²) >= 11 is 1.23. The van der Waals surface area contributed by atoms with Crippen molar-refractivity contribution in [2.45, 2.75) is 43.8 Å². The molecule has 1 aliphatic heterocycles. The lowest BCUT2D eigenvalue weighted by Gasteiger charge is -2.31. The second-order valence-electron chi connectivity index (χ2n) is 8.64. The third-order valence-electron chi connectivity index (χ3n) is 6.27. The molecule has 7 nitrogen and oxygen atoms in total. The summed E-state index contributed by atoms with van der Waals surface area (Å²) in [5.41, 5.74) is 1.24. The number of benzene rings is 2. The maximum absolute atomic E-state index is 13.7. The number of likely N-dealkylation sites (tertiary alicyclic amines) is 1. The molecule has 10 heteroatoms. The normalized spacial score (nSPS) is 14.8. The highest BCUT2D eigenvalue weighted by Crippen LogP contribution is 2.30. The van der Waals surface area contributed by atoms with Gasteiger partial charge in [-0.25, -0.2) is 8.78 Å². The molecule has 0 N–H and O–H groups in total. The molecular weight excluding hydrogens is 482 g/mol. The molecular formula is C26H28F2N6OS. The van der Waals surface area contributed by atoms with Crippen LogP contribution in [0.25, 0.3) is 5.69 Å². The molecule has 0 radical (unpaired) electrons. The van der Waals surface area contributed by atoms with E-state index < -0.39 is 5.82 Å². The van der Waals surface area contributed by atoms with E-state index in [-0.39, 0.29) is 36.5 Å². The number of piperidine rings is 1. The van der Waals surface area contributed by atoms with Crippen LogP contribution in [0.4, 0.5) is 14.5 Å². The fourth-order valence-corrected chi connectivity index (χ4v) is 5.17. The summed E-state index contributed by atoms with van der Waals surface area (Å²) in [4.78, 5) is 17.0. The molecule has 3 aromatic rings. The summed E-state index contributed by atoms with van der Waals surface area (Å²) in [6, 6.07) is 13.8. The first-order chi connectivity index (χ1) is 17.5. The van der Waals surface area contributed by atoms with Crippen LogP contribution in [-0.2, 0) is 4.79 Å². The fourth-order valence-electron chi connectivity index (χ4n) is 4.33. The largest absolute Gasteiger partial charge is 0.311 e. The smallest absolute Gasteiger partial charge is 0.237 e. The minimum absolute atomic E-state index is 0.000697. The molecule has 1 amide bonds. The third kappa shape index (κ3) is 6.09. The van der Waals surface area contributed by atoms with E-state index in [0.29, 0.717) is 10.8 Å². The maximum atomic E-state index is 13.7. The Labute approximate surface area is 213 Å². The number of rotatable bonds is 9. The lowest BCUT2D eigenvalue weighted by Crippen LogP contribution is -2.34. The summed E-state index contributed by atoms with van der Waals surface area (Å²) in [5.74, 6) is -0.197. The molecule has 4 rings (SSSR count). The van der Waals surface area contributed by atoms with E-state index in [9.17, 15) is 13.6 Å². The van der Waals surface area contributed by atoms with Gasteiger partial charge in [-0.2, -0.15) is 5.26 Å². The van der Waals surface area contributed by atoms with E-state index in [1.54, 1.807) is 12.1 Å². The predicted octanol–water partition coefficient (Wildman–Crippen LogP) is 5.13. The molecule has 1 saturated heterocycles. The van der Waals surface area contributed by atoms with Crippen LogP contribution in [-0.4, -0.2) is 51.0 Å². The van der Waals surface area contributed by atoms with Crippen LogP contribution in [0.5, 0.6) is 0 Å². The zero-order valence-electron chi connectivity index (χ0n) is 20.1. The quantitative estimate of drug-likeness (QED) is 0.372. The monoisotopic (exact) mass is 510 g/mol. The standard InChI is InChI=1S/C26H28F2N6OS/c1-19(32-15-3-2-4-16-32)25-30-31-26(34(25)23-12-8-21(28)9-13-23)36-18-24(35)33(17-5-14-29)22-10-6-20(27)7-11-22/h6-13,19H,2-5,15-18H2,1H3. The Bertz CT molecular complexity index is 1200. The van der Waals surface area contributed by atoms with Gasteiger partial charge < -0.3 is 4.90 Å². The zero-order valence-corrected chi connectivity index (χ0v) is 20.9. The van der Waals surface area contributed by atoms with Crippen LogP contribution in [0.1, 0.15) is 44.5 Å². The van der Waals surface area contributed by atoms with E-state index in [1.165, 1.54) is 59.5 Å². The highest BCUT2D eigenvalue weighted by molar-refractivity contribution is 7.99. The Morgan fingerprint density at radius 1 is 1.06 bits per heavy atom. The zero-order chi connectivity index (χ0) is 25.5. The third-order valence-corrected chi connectivity index (χ3v) is 7.18. The Morgan fingerprint density at radius 2 is 1.69 bits per heavy atom. The number of anilines is 1. The molecule has 1 aliphatic rings. The minimum Gasteiger partial charge on any atom is -0.311 e. The molecule has 1 atom stereocenters. The van der Waals surface area contributed by atoms with E-state index in [0.717, 1.165) is 37.4 Å².